The van der Waals surface area contributed by atoms with Gasteiger partial charge in [-0.15, -0.1) is 0 Å². The van der Waals surface area contributed by atoms with Crippen LogP contribution in [0, 0.1) is 11.8 Å². The molecule has 0 spiro atoms. The van der Waals surface area contributed by atoms with Crippen LogP contribution in [0.15, 0.2) is 53.8 Å². The van der Waals surface area contributed by atoms with Crippen molar-refractivity contribution in [3.8, 4) is 0 Å². The van der Waals surface area contributed by atoms with Crippen molar-refractivity contribution >= 4 is 18.2 Å². The fourth-order valence-electron chi connectivity index (χ4n) is 9.10. The lowest BCUT2D eigenvalue weighted by Crippen LogP contribution is -2.41. The van der Waals surface area contributed by atoms with Crippen molar-refractivity contribution in [2.75, 3.05) is 13.7 Å². The summed E-state index contributed by atoms with van der Waals surface area (Å²) in [5, 5.41) is 105. The Morgan fingerprint density at radius 1 is 0.636 bits per heavy atom. The number of methoxy groups -OCH3 is 1. The number of benzene rings is 1. The van der Waals surface area contributed by atoms with Gasteiger partial charge < -0.3 is 61.1 Å². The van der Waals surface area contributed by atoms with E-state index in [1.807, 2.05) is 37.3 Å². The number of hydrogen-bond donors (Lipinski definition) is 11. The van der Waals surface area contributed by atoms with Crippen LogP contribution in [0.5, 0.6) is 0 Å². The number of unbranched alkanes of at least 4 members (excludes halogenated alkanes) is 4. The molecule has 3 amide bonds. The van der Waals surface area contributed by atoms with Gasteiger partial charge in [-0.05, 0) is 88.5 Å². The van der Waals surface area contributed by atoms with E-state index in [-0.39, 0.29) is 82.1 Å². The predicted molar refractivity (Wildman–Crippen MR) is 250 cm³/mol. The summed E-state index contributed by atoms with van der Waals surface area (Å²) < 4.78 is 5.46. The van der Waals surface area contributed by atoms with Gasteiger partial charge in [0, 0.05) is 31.5 Å². The summed E-state index contributed by atoms with van der Waals surface area (Å²) in [7, 11) is 1.52. The molecule has 66 heavy (non-hydrogen) atoms. The third kappa shape index (κ3) is 25.2. The minimum Gasteiger partial charge on any atom is -0.499 e. The van der Waals surface area contributed by atoms with E-state index in [0.717, 1.165) is 62.5 Å². The minimum absolute atomic E-state index is 0.0492. The van der Waals surface area contributed by atoms with Crippen LogP contribution in [0.1, 0.15) is 142 Å². The molecule has 0 radical (unpaired) electrons. The summed E-state index contributed by atoms with van der Waals surface area (Å²) in [5.41, 5.74) is 1.95. The van der Waals surface area contributed by atoms with Gasteiger partial charge in [0.05, 0.1) is 68.1 Å². The zero-order valence-electron chi connectivity index (χ0n) is 39.8. The molecule has 11 N–H and O–H groups in total. The standard InChI is InChI=1S/C50H84N2O14/c1-33(17-35(3)19-49(64)52-47(48(66-4)30-50(52)65)20-36-15-11-8-12-16-36)13-9-6-5-7-10-14-34(2)18-37(54)21-38(55)22-39(56)23-40(57)24-41(58)25-42(59)26-43(60)27-44(61)28-45(62)29-46(63)31-51-32-53/h8,11-12,15-16,19,30,32-34,37-47,54-63H,5-7,9-10,13-14,17-18,20-29,31H2,1-4H3,(H,51,53). The molecule has 13 atom stereocenters. The van der Waals surface area contributed by atoms with E-state index in [0.29, 0.717) is 30.9 Å². The molecule has 0 aliphatic carbocycles. The first-order valence-corrected chi connectivity index (χ1v) is 24.1. The highest BCUT2D eigenvalue weighted by Crippen LogP contribution is 2.27. The Labute approximate surface area is 392 Å². The first-order valence-electron chi connectivity index (χ1n) is 24.1. The van der Waals surface area contributed by atoms with Gasteiger partial charge in [-0.2, -0.15) is 0 Å². The van der Waals surface area contributed by atoms with Gasteiger partial charge in [-0.3, -0.25) is 19.3 Å². The highest BCUT2D eigenvalue weighted by atomic mass is 16.5. The molecule has 1 heterocycles. The van der Waals surface area contributed by atoms with Crippen molar-refractivity contribution in [1.29, 1.82) is 0 Å². The predicted octanol–water partition coefficient (Wildman–Crippen LogP) is 3.09. The van der Waals surface area contributed by atoms with Gasteiger partial charge >= 0.3 is 0 Å². The van der Waals surface area contributed by atoms with E-state index in [1.54, 1.807) is 6.08 Å². The van der Waals surface area contributed by atoms with Gasteiger partial charge in [0.2, 0.25) is 6.41 Å². The summed E-state index contributed by atoms with van der Waals surface area (Å²) in [6.07, 6.45) is 0.944. The lowest BCUT2D eigenvalue weighted by atomic mass is 9.92. The SMILES string of the molecule is COC1=CC(=O)N(C(=O)C=C(C)CC(C)CCCCCCCC(C)CC(O)CC(O)CC(O)CC(O)CC(O)CC(O)CC(O)CC(O)CC(O)CC(O)CNC=O)C1Cc1ccccc1. The number of allylic oxidation sites excluding steroid dienone is 1. The number of imide groups is 1. The van der Waals surface area contributed by atoms with Crippen LogP contribution in [0.25, 0.3) is 0 Å². The van der Waals surface area contributed by atoms with E-state index in [2.05, 4.69) is 19.2 Å². The average Bonchev–Trinajstić information content (AvgIpc) is 3.53. The fourth-order valence-corrected chi connectivity index (χ4v) is 9.10. The second-order valence-corrected chi connectivity index (χ2v) is 19.2. The van der Waals surface area contributed by atoms with Crippen molar-refractivity contribution in [3.05, 3.63) is 59.4 Å². The van der Waals surface area contributed by atoms with E-state index in [4.69, 9.17) is 4.74 Å². The maximum absolute atomic E-state index is 13.3. The zero-order chi connectivity index (χ0) is 49.2. The lowest BCUT2D eigenvalue weighted by Gasteiger charge is -2.24. The molecule has 0 saturated heterocycles. The number of carbonyl (C=O) groups excluding carboxylic acids is 3. The summed E-state index contributed by atoms with van der Waals surface area (Å²) in [4.78, 5) is 37.7. The summed E-state index contributed by atoms with van der Waals surface area (Å²) in [5.74, 6) is 0.440. The molecule has 13 unspecified atom stereocenters. The van der Waals surface area contributed by atoms with E-state index in [1.165, 1.54) is 18.1 Å². The molecule has 0 saturated carbocycles. The lowest BCUT2D eigenvalue weighted by molar-refractivity contribution is -0.139. The van der Waals surface area contributed by atoms with Crippen LogP contribution in [0.3, 0.4) is 0 Å². The Balaban J connectivity index is 1.56. The Hall–Kier alpha value is -3.29. The monoisotopic (exact) mass is 937 g/mol. The van der Waals surface area contributed by atoms with Crippen LogP contribution in [-0.2, 0) is 25.5 Å². The van der Waals surface area contributed by atoms with Crippen LogP contribution >= 0.6 is 0 Å². The minimum atomic E-state index is -1.16. The second kappa shape index (κ2) is 32.5. The Morgan fingerprint density at radius 2 is 1.05 bits per heavy atom. The van der Waals surface area contributed by atoms with E-state index < -0.39 is 67.1 Å². The molecule has 0 fully saturated rings. The molecule has 0 aromatic heterocycles. The van der Waals surface area contributed by atoms with E-state index >= 15 is 0 Å². The second-order valence-electron chi connectivity index (χ2n) is 19.2. The summed E-state index contributed by atoms with van der Waals surface area (Å²) in [6.45, 7) is 6.15. The van der Waals surface area contributed by atoms with E-state index in [9.17, 15) is 65.4 Å². The van der Waals surface area contributed by atoms with Crippen molar-refractivity contribution < 1.29 is 70.2 Å². The van der Waals surface area contributed by atoms with Crippen LogP contribution < -0.4 is 5.32 Å². The number of nitrogens with one attached hydrogen (secondary N) is 1. The molecular formula is C50H84N2O14. The number of aliphatic hydroxyl groups excluding tert-OH is 10. The van der Waals surface area contributed by atoms with Gasteiger partial charge in [0.1, 0.15) is 11.8 Å². The smallest absolute Gasteiger partial charge is 0.257 e. The van der Waals surface area contributed by atoms with Crippen LogP contribution in [0.2, 0.25) is 0 Å². The summed E-state index contributed by atoms with van der Waals surface area (Å²) >= 11 is 0. The van der Waals surface area contributed by atoms with Crippen molar-refractivity contribution in [2.24, 2.45) is 11.8 Å². The molecule has 378 valence electrons. The number of nitrogens with zero attached hydrogens (tertiary/aromatic N) is 1. The fraction of sp³-hybridized carbons (Fsp3) is 0.740. The first kappa shape index (κ1) is 58.8. The highest BCUT2D eigenvalue weighted by Gasteiger charge is 2.37. The molecule has 1 aromatic rings. The largest absolute Gasteiger partial charge is 0.499 e. The third-order valence-electron chi connectivity index (χ3n) is 12.3. The highest BCUT2D eigenvalue weighted by molar-refractivity contribution is 6.08. The number of carbonyl (C=O) groups is 3. The molecule has 16 heteroatoms. The molecule has 2 rings (SSSR count). The van der Waals surface area contributed by atoms with Gasteiger partial charge in [0.15, 0.2) is 0 Å². The molecule has 1 aliphatic rings. The first-order chi connectivity index (χ1) is 31.3. The topological polar surface area (TPSA) is 278 Å². The van der Waals surface area contributed by atoms with Gasteiger partial charge in [0.25, 0.3) is 11.8 Å². The van der Waals surface area contributed by atoms with Crippen LogP contribution in [0.4, 0.5) is 0 Å². The van der Waals surface area contributed by atoms with Crippen molar-refractivity contribution in [2.45, 2.75) is 210 Å². The molecule has 0 bridgehead atoms. The maximum atomic E-state index is 13.3. The molecule has 16 nitrogen and oxygen atoms in total. The molecule has 1 aliphatic heterocycles. The van der Waals surface area contributed by atoms with Crippen molar-refractivity contribution in [1.82, 2.24) is 10.2 Å². The Kier molecular flexibility index (Phi) is 28.9. The average molecular weight is 937 g/mol. The van der Waals surface area contributed by atoms with Crippen molar-refractivity contribution in [3.63, 3.8) is 0 Å². The Bertz CT molecular complexity index is 1560. The van der Waals surface area contributed by atoms with Crippen LogP contribution in [-0.4, -0.2) is 155 Å². The van der Waals surface area contributed by atoms with Gasteiger partial charge in [-0.25, -0.2) is 0 Å². The number of ether oxygens (including phenoxy) is 1. The number of aliphatic hydroxyl groups is 10. The number of amides is 3. The summed E-state index contributed by atoms with van der Waals surface area (Å²) in [6, 6.07) is 9.25. The third-order valence-corrected chi connectivity index (χ3v) is 12.3. The van der Waals surface area contributed by atoms with Gasteiger partial charge in [-0.1, -0.05) is 94.7 Å². The quantitative estimate of drug-likeness (QED) is 0.0260. The molecular weight excluding hydrogens is 853 g/mol. The number of hydrogen-bond acceptors (Lipinski definition) is 14. The number of rotatable bonds is 37. The zero-order valence-corrected chi connectivity index (χ0v) is 39.8. The normalized spacial score (nSPS) is 20.0. The maximum Gasteiger partial charge on any atom is 0.257 e. The molecule has 1 aromatic carbocycles. The Morgan fingerprint density at radius 3 is 1.48 bits per heavy atom.